The van der Waals surface area contributed by atoms with Gasteiger partial charge in [-0.05, 0) is 24.6 Å². The maximum absolute atomic E-state index is 12.7. The molecule has 0 spiro atoms. The molecule has 1 heterocycles. The van der Waals surface area contributed by atoms with Gasteiger partial charge in [0.15, 0.2) is 0 Å². The number of hydrogen-bond donors (Lipinski definition) is 0. The van der Waals surface area contributed by atoms with Gasteiger partial charge in [0, 0.05) is 26.9 Å². The molecule has 6 nitrogen and oxygen atoms in total. The smallest absolute Gasteiger partial charge is 0.338 e. The molecule has 0 fully saturated rings. The first kappa shape index (κ1) is 19.6. The lowest BCUT2D eigenvalue weighted by Crippen LogP contribution is -2.47. The van der Waals surface area contributed by atoms with Crippen LogP contribution in [0.3, 0.4) is 0 Å². The Morgan fingerprint density at radius 2 is 1.88 bits per heavy atom. The minimum Gasteiger partial charge on any atom is -0.460 e. The van der Waals surface area contributed by atoms with Gasteiger partial charge in [0.1, 0.15) is 6.61 Å². The number of nitrogens with zero attached hydrogens (tertiary/aromatic N) is 2. The second kappa shape index (κ2) is 8.08. The quantitative estimate of drug-likeness (QED) is 0.573. The van der Waals surface area contributed by atoms with Crippen LogP contribution < -0.4 is 0 Å². The molecule has 0 aliphatic carbocycles. The summed E-state index contributed by atoms with van der Waals surface area (Å²) in [6, 6.07) is 4.18. The van der Waals surface area contributed by atoms with E-state index < -0.39 is 12.0 Å². The Kier molecular flexibility index (Phi) is 6.32. The van der Waals surface area contributed by atoms with Crippen LogP contribution in [0.2, 0.25) is 10.0 Å². The molecule has 0 aromatic heterocycles. The number of carbonyl (C=O) groups is 2. The number of carbonyl (C=O) groups excluding carboxylic acids is 2. The molecule has 1 aliphatic heterocycles. The number of amides is 2. The lowest BCUT2D eigenvalue weighted by atomic mass is 9.94. The van der Waals surface area contributed by atoms with Crippen LogP contribution in [-0.4, -0.2) is 56.2 Å². The van der Waals surface area contributed by atoms with Crippen molar-refractivity contribution in [1.29, 1.82) is 0 Å². The summed E-state index contributed by atoms with van der Waals surface area (Å²) in [5.41, 5.74) is 1.58. The van der Waals surface area contributed by atoms with E-state index in [0.29, 0.717) is 33.5 Å². The number of esters is 1. The van der Waals surface area contributed by atoms with Crippen LogP contribution in [0.5, 0.6) is 0 Å². The van der Waals surface area contributed by atoms with Crippen LogP contribution in [0.4, 0.5) is 4.79 Å². The lowest BCUT2D eigenvalue weighted by molar-refractivity contribution is -0.141. The molecule has 0 N–H and O–H groups in total. The minimum absolute atomic E-state index is 0.127. The van der Waals surface area contributed by atoms with Crippen molar-refractivity contribution in [2.24, 2.45) is 0 Å². The first-order valence-corrected chi connectivity index (χ1v) is 8.37. The van der Waals surface area contributed by atoms with Crippen LogP contribution in [0, 0.1) is 0 Å². The molecular weight excluding hydrogens is 367 g/mol. The molecule has 0 unspecified atom stereocenters. The minimum atomic E-state index is -0.617. The molecule has 0 bridgehead atoms. The zero-order valence-corrected chi connectivity index (χ0v) is 16.0. The van der Waals surface area contributed by atoms with Crippen molar-refractivity contribution in [2.75, 3.05) is 34.4 Å². The first-order chi connectivity index (χ1) is 11.8. The van der Waals surface area contributed by atoms with Crippen molar-refractivity contribution < 1.29 is 19.1 Å². The van der Waals surface area contributed by atoms with Gasteiger partial charge in [0.25, 0.3) is 0 Å². The Morgan fingerprint density at radius 1 is 1.20 bits per heavy atom. The highest BCUT2D eigenvalue weighted by Crippen LogP contribution is 2.38. The molecule has 0 saturated carbocycles. The number of urea groups is 1. The fourth-order valence-corrected chi connectivity index (χ4v) is 3.00. The van der Waals surface area contributed by atoms with Crippen molar-refractivity contribution in [1.82, 2.24) is 9.80 Å². The Labute approximate surface area is 156 Å². The van der Waals surface area contributed by atoms with E-state index in [1.807, 2.05) is 0 Å². The van der Waals surface area contributed by atoms with Crippen molar-refractivity contribution in [3.8, 4) is 0 Å². The zero-order valence-electron chi connectivity index (χ0n) is 14.5. The van der Waals surface area contributed by atoms with Crippen LogP contribution in [0.25, 0.3) is 0 Å². The predicted molar refractivity (Wildman–Crippen MR) is 95.7 cm³/mol. The van der Waals surface area contributed by atoms with Gasteiger partial charge in [-0.1, -0.05) is 29.3 Å². The van der Waals surface area contributed by atoms with Gasteiger partial charge in [0.05, 0.1) is 28.3 Å². The summed E-state index contributed by atoms with van der Waals surface area (Å²) >= 11 is 12.1. The first-order valence-electron chi connectivity index (χ1n) is 7.61. The van der Waals surface area contributed by atoms with Gasteiger partial charge in [0.2, 0.25) is 0 Å². The maximum Gasteiger partial charge on any atom is 0.338 e. The van der Waals surface area contributed by atoms with E-state index in [9.17, 15) is 9.59 Å². The zero-order chi connectivity index (χ0) is 18.7. The van der Waals surface area contributed by atoms with Gasteiger partial charge in [-0.15, -0.1) is 0 Å². The van der Waals surface area contributed by atoms with E-state index in [4.69, 9.17) is 32.7 Å². The third-order valence-corrected chi connectivity index (χ3v) is 4.88. The second-order valence-electron chi connectivity index (χ2n) is 5.66. The van der Waals surface area contributed by atoms with Gasteiger partial charge in [-0.2, -0.15) is 0 Å². The van der Waals surface area contributed by atoms with Crippen LogP contribution in [-0.2, 0) is 14.3 Å². The van der Waals surface area contributed by atoms with Crippen LogP contribution in [0.1, 0.15) is 18.5 Å². The number of halogens is 2. The molecule has 0 saturated heterocycles. The van der Waals surface area contributed by atoms with Gasteiger partial charge in [-0.25, -0.2) is 9.59 Å². The molecule has 1 aliphatic rings. The Balaban J connectivity index is 2.49. The highest BCUT2D eigenvalue weighted by Gasteiger charge is 2.39. The molecular formula is C17H20Cl2N2O4. The number of allylic oxidation sites excluding steroid dienone is 1. The molecule has 2 rings (SSSR count). The maximum atomic E-state index is 12.7. The number of benzene rings is 1. The molecule has 8 heteroatoms. The SMILES string of the molecule is COCCOC(=O)C1=C(C)N(C)C(=O)N(C)[C@@H]1c1ccc(Cl)c(Cl)c1. The average Bonchev–Trinajstić information content (AvgIpc) is 2.58. The fraction of sp³-hybridized carbons (Fsp3) is 0.412. The molecule has 25 heavy (non-hydrogen) atoms. The Morgan fingerprint density at radius 3 is 2.48 bits per heavy atom. The molecule has 136 valence electrons. The van der Waals surface area contributed by atoms with E-state index in [1.54, 1.807) is 39.2 Å². The summed E-state index contributed by atoms with van der Waals surface area (Å²) in [7, 11) is 4.76. The van der Waals surface area contributed by atoms with Crippen LogP contribution in [0.15, 0.2) is 29.5 Å². The number of likely N-dealkylation sites (N-methyl/N-ethyl adjacent to an activating group) is 1. The van der Waals surface area contributed by atoms with E-state index in [-0.39, 0.29) is 12.6 Å². The average molecular weight is 387 g/mol. The summed E-state index contributed by atoms with van der Waals surface area (Å²) in [4.78, 5) is 28.0. The Bertz CT molecular complexity index is 721. The van der Waals surface area contributed by atoms with Crippen molar-refractivity contribution in [2.45, 2.75) is 13.0 Å². The number of ether oxygens (including phenoxy) is 2. The van der Waals surface area contributed by atoms with Crippen molar-refractivity contribution in [3.05, 3.63) is 45.1 Å². The predicted octanol–water partition coefficient (Wildman–Crippen LogP) is 3.50. The summed E-state index contributed by atoms with van der Waals surface area (Å²) in [6.45, 7) is 2.13. The largest absolute Gasteiger partial charge is 0.460 e. The second-order valence-corrected chi connectivity index (χ2v) is 6.47. The molecule has 0 radical (unpaired) electrons. The van der Waals surface area contributed by atoms with Gasteiger partial charge in [-0.3, -0.25) is 0 Å². The fourth-order valence-electron chi connectivity index (χ4n) is 2.69. The molecule has 1 atom stereocenters. The van der Waals surface area contributed by atoms with E-state index in [1.165, 1.54) is 16.9 Å². The van der Waals surface area contributed by atoms with Crippen molar-refractivity contribution in [3.63, 3.8) is 0 Å². The summed E-state index contributed by atoms with van der Waals surface area (Å²) < 4.78 is 10.2. The van der Waals surface area contributed by atoms with Crippen LogP contribution >= 0.6 is 23.2 Å². The number of methoxy groups -OCH3 is 1. The standard InChI is InChI=1S/C17H20Cl2N2O4/c1-10-14(16(22)25-8-7-24-4)15(21(3)17(23)20(10)2)11-5-6-12(18)13(19)9-11/h5-6,9,15H,7-8H2,1-4H3/t15-/m1/s1. The highest BCUT2D eigenvalue weighted by atomic mass is 35.5. The third-order valence-electron chi connectivity index (χ3n) is 4.14. The summed E-state index contributed by atoms with van der Waals surface area (Å²) in [6.07, 6.45) is 0. The van der Waals surface area contributed by atoms with E-state index in [2.05, 4.69) is 0 Å². The third kappa shape index (κ3) is 3.92. The Hall–Kier alpha value is -1.76. The van der Waals surface area contributed by atoms with E-state index >= 15 is 0 Å². The highest BCUT2D eigenvalue weighted by molar-refractivity contribution is 6.42. The number of rotatable bonds is 5. The summed E-state index contributed by atoms with van der Waals surface area (Å²) in [5.74, 6) is -0.503. The number of hydrogen-bond acceptors (Lipinski definition) is 4. The van der Waals surface area contributed by atoms with Gasteiger partial charge < -0.3 is 19.3 Å². The molecule has 1 aromatic rings. The molecule has 1 aromatic carbocycles. The summed E-state index contributed by atoms with van der Waals surface area (Å²) in [5, 5.41) is 0.751. The molecule has 2 amide bonds. The van der Waals surface area contributed by atoms with Gasteiger partial charge >= 0.3 is 12.0 Å². The normalized spacial score (nSPS) is 18.0. The van der Waals surface area contributed by atoms with Crippen molar-refractivity contribution >= 4 is 35.2 Å². The monoisotopic (exact) mass is 386 g/mol. The van der Waals surface area contributed by atoms with E-state index in [0.717, 1.165) is 0 Å². The lowest BCUT2D eigenvalue weighted by Gasteiger charge is -2.39. The topological polar surface area (TPSA) is 59.1 Å².